The Bertz CT molecular complexity index is 2450. The van der Waals surface area contributed by atoms with Crippen molar-refractivity contribution in [1.82, 2.24) is 4.57 Å². The van der Waals surface area contributed by atoms with E-state index < -0.39 is 0 Å². The fraction of sp³-hybridized carbons (Fsp3) is 0.0750. The van der Waals surface area contributed by atoms with Crippen molar-refractivity contribution in [3.8, 4) is 34.0 Å². The molecule has 2 aromatic heterocycles. The van der Waals surface area contributed by atoms with Gasteiger partial charge in [-0.2, -0.15) is 5.26 Å². The highest BCUT2D eigenvalue weighted by Crippen LogP contribution is 2.51. The van der Waals surface area contributed by atoms with Gasteiger partial charge in [-0.1, -0.05) is 86.6 Å². The molecule has 0 saturated carbocycles. The molecule has 2 heterocycles. The zero-order valence-electron chi connectivity index (χ0n) is 23.8. The quantitative estimate of drug-likeness (QED) is 0.205. The van der Waals surface area contributed by atoms with Crippen LogP contribution in [0, 0.1) is 11.3 Å². The van der Waals surface area contributed by atoms with Crippen molar-refractivity contribution in [2.24, 2.45) is 0 Å². The SMILES string of the molecule is CC1(C)c2ccccc2-c2cc3c(cc21)sc1ccc(-c2ccc(C#N)cc2-n2c4ccccc4c4ccccc42)cc13. The molecule has 0 N–H and O–H groups in total. The highest BCUT2D eigenvalue weighted by Gasteiger charge is 2.35. The first-order valence-corrected chi connectivity index (χ1v) is 15.5. The van der Waals surface area contributed by atoms with Gasteiger partial charge in [0.25, 0.3) is 0 Å². The number of thiophene rings is 1. The van der Waals surface area contributed by atoms with Gasteiger partial charge < -0.3 is 4.57 Å². The summed E-state index contributed by atoms with van der Waals surface area (Å²) >= 11 is 1.87. The Hall–Kier alpha value is -5.17. The molecule has 0 unspecified atom stereocenters. The highest BCUT2D eigenvalue weighted by molar-refractivity contribution is 7.25. The molecule has 6 aromatic carbocycles. The van der Waals surface area contributed by atoms with Crippen LogP contribution in [0.3, 0.4) is 0 Å². The van der Waals surface area contributed by atoms with Crippen molar-refractivity contribution in [3.05, 3.63) is 138 Å². The van der Waals surface area contributed by atoms with Gasteiger partial charge in [-0.25, -0.2) is 0 Å². The molecule has 0 spiro atoms. The maximum Gasteiger partial charge on any atom is 0.0992 e. The minimum atomic E-state index is -0.0127. The van der Waals surface area contributed by atoms with Gasteiger partial charge in [0.05, 0.1) is 28.4 Å². The van der Waals surface area contributed by atoms with E-state index in [0.29, 0.717) is 5.56 Å². The lowest BCUT2D eigenvalue weighted by Crippen LogP contribution is -2.14. The lowest BCUT2D eigenvalue weighted by molar-refractivity contribution is 0.661. The summed E-state index contributed by atoms with van der Waals surface area (Å²) in [5, 5.41) is 14.9. The molecule has 2 nitrogen and oxygen atoms in total. The zero-order valence-corrected chi connectivity index (χ0v) is 24.7. The third-order valence-corrected chi connectivity index (χ3v) is 10.6. The third-order valence-electron chi connectivity index (χ3n) is 9.43. The summed E-state index contributed by atoms with van der Waals surface area (Å²) in [5.41, 5.74) is 11.7. The van der Waals surface area contributed by atoms with Crippen LogP contribution in [0.25, 0.3) is 69.9 Å². The fourth-order valence-corrected chi connectivity index (χ4v) is 8.46. The maximum atomic E-state index is 9.91. The van der Waals surface area contributed by atoms with E-state index in [1.165, 1.54) is 53.2 Å². The topological polar surface area (TPSA) is 28.7 Å². The van der Waals surface area contributed by atoms with E-state index in [4.69, 9.17) is 0 Å². The van der Waals surface area contributed by atoms with Crippen molar-refractivity contribution < 1.29 is 0 Å². The first-order valence-electron chi connectivity index (χ1n) is 14.7. The largest absolute Gasteiger partial charge is 0.309 e. The molecule has 0 bridgehead atoms. The van der Waals surface area contributed by atoms with Crippen LogP contribution in [-0.4, -0.2) is 4.57 Å². The minimum Gasteiger partial charge on any atom is -0.309 e. The smallest absolute Gasteiger partial charge is 0.0992 e. The van der Waals surface area contributed by atoms with Crippen LogP contribution >= 0.6 is 11.3 Å². The monoisotopic (exact) mass is 566 g/mol. The van der Waals surface area contributed by atoms with Crippen molar-refractivity contribution in [2.45, 2.75) is 19.3 Å². The normalized spacial score (nSPS) is 13.5. The fourth-order valence-electron chi connectivity index (χ4n) is 7.35. The Labute approximate surface area is 253 Å². The van der Waals surface area contributed by atoms with Crippen LogP contribution in [-0.2, 0) is 5.41 Å². The van der Waals surface area contributed by atoms with Gasteiger partial charge in [0.15, 0.2) is 0 Å². The summed E-state index contributed by atoms with van der Waals surface area (Å²) in [4.78, 5) is 0. The van der Waals surface area contributed by atoms with Crippen LogP contribution in [0.2, 0.25) is 0 Å². The second-order valence-corrected chi connectivity index (χ2v) is 13.2. The molecule has 3 heteroatoms. The number of fused-ring (bicyclic) bond motifs is 9. The molecular weight excluding hydrogens is 541 g/mol. The summed E-state index contributed by atoms with van der Waals surface area (Å²) in [7, 11) is 0. The lowest BCUT2D eigenvalue weighted by atomic mass is 9.82. The predicted octanol–water partition coefficient (Wildman–Crippen LogP) is 11.0. The molecule has 0 fully saturated rings. The van der Waals surface area contributed by atoms with Crippen molar-refractivity contribution in [2.75, 3.05) is 0 Å². The average molecular weight is 567 g/mol. The first-order chi connectivity index (χ1) is 21.0. The van der Waals surface area contributed by atoms with Crippen LogP contribution in [0.15, 0.2) is 121 Å². The second-order valence-electron chi connectivity index (χ2n) is 12.1. The molecule has 0 radical (unpaired) electrons. The van der Waals surface area contributed by atoms with Crippen molar-refractivity contribution in [1.29, 1.82) is 5.26 Å². The molecule has 0 saturated heterocycles. The van der Waals surface area contributed by atoms with E-state index in [2.05, 4.69) is 134 Å². The molecule has 8 aromatic rings. The Balaban J connectivity index is 1.31. The molecule has 43 heavy (non-hydrogen) atoms. The number of hydrogen-bond donors (Lipinski definition) is 0. The highest BCUT2D eigenvalue weighted by atomic mass is 32.1. The van der Waals surface area contributed by atoms with Crippen LogP contribution < -0.4 is 0 Å². The molecule has 0 aliphatic heterocycles. The van der Waals surface area contributed by atoms with E-state index in [9.17, 15) is 5.26 Å². The van der Waals surface area contributed by atoms with Gasteiger partial charge in [-0.05, 0) is 76.3 Å². The molecular formula is C40H26N2S. The van der Waals surface area contributed by atoms with E-state index >= 15 is 0 Å². The van der Waals surface area contributed by atoms with Gasteiger partial charge in [-0.15, -0.1) is 11.3 Å². The molecule has 0 atom stereocenters. The van der Waals surface area contributed by atoms with Gasteiger partial charge in [0, 0.05) is 41.9 Å². The van der Waals surface area contributed by atoms with E-state index in [1.807, 2.05) is 23.5 Å². The van der Waals surface area contributed by atoms with Crippen molar-refractivity contribution >= 4 is 53.3 Å². The molecule has 1 aliphatic rings. The summed E-state index contributed by atoms with van der Waals surface area (Å²) in [6, 6.07) is 46.1. The van der Waals surface area contributed by atoms with E-state index in [0.717, 1.165) is 27.8 Å². The Morgan fingerprint density at radius 1 is 0.581 bits per heavy atom. The van der Waals surface area contributed by atoms with Gasteiger partial charge >= 0.3 is 0 Å². The standard InChI is InChI=1S/C40H26N2S/c1-40(2)33-12-6-3-9-27(33)30-21-32-31-20-25(16-18-38(31)43-39(32)22-34(30)40)26-17-15-24(23-41)19-37(26)42-35-13-7-4-10-28(35)29-11-5-8-14-36(29)42/h3-22H,1-2H3. The number of benzene rings is 6. The number of rotatable bonds is 2. The van der Waals surface area contributed by atoms with Crippen LogP contribution in [0.1, 0.15) is 30.5 Å². The van der Waals surface area contributed by atoms with E-state index in [-0.39, 0.29) is 5.41 Å². The number of hydrogen-bond acceptors (Lipinski definition) is 2. The Morgan fingerprint density at radius 2 is 1.28 bits per heavy atom. The Kier molecular flexibility index (Phi) is 4.93. The Morgan fingerprint density at radius 3 is 2.05 bits per heavy atom. The third kappa shape index (κ3) is 3.33. The molecule has 9 rings (SSSR count). The predicted molar refractivity (Wildman–Crippen MR) is 181 cm³/mol. The number of nitrogens with zero attached hydrogens (tertiary/aromatic N) is 2. The molecule has 1 aliphatic carbocycles. The van der Waals surface area contributed by atoms with Crippen molar-refractivity contribution in [3.63, 3.8) is 0 Å². The van der Waals surface area contributed by atoms with Gasteiger partial charge in [0.2, 0.25) is 0 Å². The molecule has 0 amide bonds. The number of para-hydroxylation sites is 2. The average Bonchev–Trinajstić information content (AvgIpc) is 3.65. The van der Waals surface area contributed by atoms with Gasteiger partial charge in [0.1, 0.15) is 0 Å². The maximum absolute atomic E-state index is 9.91. The number of nitriles is 1. The zero-order chi connectivity index (χ0) is 28.9. The summed E-state index contributed by atoms with van der Waals surface area (Å²) in [6.07, 6.45) is 0. The van der Waals surface area contributed by atoms with Crippen LogP contribution in [0.5, 0.6) is 0 Å². The summed E-state index contributed by atoms with van der Waals surface area (Å²) < 4.78 is 4.94. The van der Waals surface area contributed by atoms with E-state index in [1.54, 1.807) is 0 Å². The lowest BCUT2D eigenvalue weighted by Gasteiger charge is -2.21. The second kappa shape index (κ2) is 8.67. The van der Waals surface area contributed by atoms with Crippen LogP contribution in [0.4, 0.5) is 0 Å². The first kappa shape index (κ1) is 24.4. The summed E-state index contributed by atoms with van der Waals surface area (Å²) in [6.45, 7) is 4.69. The minimum absolute atomic E-state index is 0.0127. The van der Waals surface area contributed by atoms with Gasteiger partial charge in [-0.3, -0.25) is 0 Å². The molecule has 202 valence electrons. The summed E-state index contributed by atoms with van der Waals surface area (Å²) in [5.74, 6) is 0. The number of aromatic nitrogens is 1.